The highest BCUT2D eigenvalue weighted by molar-refractivity contribution is 5.95. The van der Waals surface area contributed by atoms with Crippen molar-refractivity contribution in [2.24, 2.45) is 0 Å². The third kappa shape index (κ3) is 5.17. The highest BCUT2D eigenvalue weighted by Crippen LogP contribution is 2.44. The quantitative estimate of drug-likeness (QED) is 0.174. The lowest BCUT2D eigenvalue weighted by Gasteiger charge is -2.37. The standard InChI is InChI=1S/C39H37N5O2/c1-28(2)46-33-19-20-35-34(26-33)38(29-21-22-40-36(25-29)43-24-23-42(3)37(45)27-43)41-44(35)39(30-13-7-4-8-14-30,31-15-9-5-10-16-31)32-17-11-6-12-18-32/h4-22,25-26,28H,23-24,27H2,1-3H3. The molecule has 1 amide bonds. The number of aromatic nitrogens is 3. The molecule has 0 N–H and O–H groups in total. The van der Waals surface area contributed by atoms with Gasteiger partial charge >= 0.3 is 0 Å². The molecule has 0 aliphatic carbocycles. The first-order chi connectivity index (χ1) is 22.4. The molecule has 46 heavy (non-hydrogen) atoms. The normalized spacial score (nSPS) is 13.9. The highest BCUT2D eigenvalue weighted by Gasteiger charge is 2.41. The second-order valence-electron chi connectivity index (χ2n) is 12.1. The Kier molecular flexibility index (Phi) is 7.74. The van der Waals surface area contributed by atoms with Gasteiger partial charge in [0.05, 0.1) is 18.2 Å². The third-order valence-corrected chi connectivity index (χ3v) is 8.72. The van der Waals surface area contributed by atoms with E-state index in [9.17, 15) is 4.79 Å². The fourth-order valence-corrected chi connectivity index (χ4v) is 6.51. The minimum Gasteiger partial charge on any atom is -0.491 e. The summed E-state index contributed by atoms with van der Waals surface area (Å²) in [6.07, 6.45) is 1.83. The van der Waals surface area contributed by atoms with Gasteiger partial charge in [0.15, 0.2) is 0 Å². The molecule has 7 heteroatoms. The summed E-state index contributed by atoms with van der Waals surface area (Å²) < 4.78 is 8.38. The number of hydrogen-bond donors (Lipinski definition) is 0. The molecule has 0 atom stereocenters. The molecule has 3 heterocycles. The van der Waals surface area contributed by atoms with Crippen LogP contribution in [0.5, 0.6) is 5.75 Å². The van der Waals surface area contributed by atoms with Crippen molar-refractivity contribution < 1.29 is 9.53 Å². The minimum atomic E-state index is -0.791. The molecule has 1 fully saturated rings. The number of anilines is 1. The summed E-state index contributed by atoms with van der Waals surface area (Å²) in [5.41, 5.74) is 5.20. The molecular weight excluding hydrogens is 570 g/mol. The van der Waals surface area contributed by atoms with Crippen LogP contribution in [0, 0.1) is 0 Å². The maximum atomic E-state index is 12.6. The van der Waals surface area contributed by atoms with Gasteiger partial charge in [-0.05, 0) is 60.9 Å². The van der Waals surface area contributed by atoms with Crippen LogP contribution in [0.1, 0.15) is 30.5 Å². The van der Waals surface area contributed by atoms with E-state index in [0.29, 0.717) is 13.1 Å². The first-order valence-electron chi connectivity index (χ1n) is 15.8. The second-order valence-corrected chi connectivity index (χ2v) is 12.1. The van der Waals surface area contributed by atoms with Gasteiger partial charge in [0.25, 0.3) is 0 Å². The summed E-state index contributed by atoms with van der Waals surface area (Å²) in [5, 5.41) is 6.50. The lowest BCUT2D eigenvalue weighted by molar-refractivity contribution is -0.129. The molecule has 230 valence electrons. The van der Waals surface area contributed by atoms with Crippen molar-refractivity contribution in [2.45, 2.75) is 25.5 Å². The van der Waals surface area contributed by atoms with E-state index in [1.807, 2.05) is 62.3 Å². The Morgan fingerprint density at radius 3 is 1.93 bits per heavy atom. The number of hydrogen-bond acceptors (Lipinski definition) is 5. The predicted octanol–water partition coefficient (Wildman–Crippen LogP) is 7.00. The van der Waals surface area contributed by atoms with E-state index in [4.69, 9.17) is 9.84 Å². The molecule has 2 aromatic heterocycles. The molecule has 0 unspecified atom stereocenters. The summed E-state index contributed by atoms with van der Waals surface area (Å²) in [5.74, 6) is 1.63. The Morgan fingerprint density at radius 2 is 1.37 bits per heavy atom. The first-order valence-corrected chi connectivity index (χ1v) is 15.8. The van der Waals surface area contributed by atoms with Crippen molar-refractivity contribution in [1.82, 2.24) is 19.7 Å². The van der Waals surface area contributed by atoms with Crippen molar-refractivity contribution >= 4 is 22.6 Å². The van der Waals surface area contributed by atoms with E-state index < -0.39 is 5.54 Å². The Labute approximate surface area is 269 Å². The van der Waals surface area contributed by atoms with Gasteiger partial charge in [0, 0.05) is 37.3 Å². The molecule has 0 bridgehead atoms. The van der Waals surface area contributed by atoms with Crippen LogP contribution in [-0.4, -0.2) is 58.4 Å². The third-order valence-electron chi connectivity index (χ3n) is 8.72. The lowest BCUT2D eigenvalue weighted by Crippen LogP contribution is -2.48. The predicted molar refractivity (Wildman–Crippen MR) is 183 cm³/mol. The van der Waals surface area contributed by atoms with Crippen LogP contribution < -0.4 is 9.64 Å². The van der Waals surface area contributed by atoms with Crippen molar-refractivity contribution in [3.63, 3.8) is 0 Å². The van der Waals surface area contributed by atoms with Crippen molar-refractivity contribution in [1.29, 1.82) is 0 Å². The minimum absolute atomic E-state index is 0.0234. The molecular formula is C39H37N5O2. The maximum Gasteiger partial charge on any atom is 0.241 e. The highest BCUT2D eigenvalue weighted by atomic mass is 16.5. The zero-order valence-electron chi connectivity index (χ0n) is 26.4. The van der Waals surface area contributed by atoms with Gasteiger partial charge in [0.2, 0.25) is 5.91 Å². The van der Waals surface area contributed by atoms with Gasteiger partial charge in [-0.1, -0.05) is 91.0 Å². The summed E-state index contributed by atoms with van der Waals surface area (Å²) >= 11 is 0. The van der Waals surface area contributed by atoms with Crippen LogP contribution >= 0.6 is 0 Å². The summed E-state index contributed by atoms with van der Waals surface area (Å²) in [6, 6.07) is 42.0. The van der Waals surface area contributed by atoms with Crippen molar-refractivity contribution in [3.8, 4) is 17.0 Å². The Bertz CT molecular complexity index is 1880. The van der Waals surface area contributed by atoms with Gasteiger partial charge in [-0.15, -0.1) is 0 Å². The molecule has 6 aromatic rings. The van der Waals surface area contributed by atoms with Crippen LogP contribution in [0.3, 0.4) is 0 Å². The SMILES string of the molecule is CC(C)Oc1ccc2c(c1)c(-c1ccnc(N3CCN(C)C(=O)C3)c1)nn2C(c1ccccc1)(c1ccccc1)c1ccccc1. The van der Waals surface area contributed by atoms with E-state index in [2.05, 4.69) is 101 Å². The summed E-state index contributed by atoms with van der Waals surface area (Å²) in [7, 11) is 1.84. The van der Waals surface area contributed by atoms with Gasteiger partial charge in [0.1, 0.15) is 22.8 Å². The number of nitrogens with zero attached hydrogens (tertiary/aromatic N) is 5. The van der Waals surface area contributed by atoms with Crippen LogP contribution in [0.2, 0.25) is 0 Å². The zero-order valence-corrected chi connectivity index (χ0v) is 26.4. The fraction of sp³-hybridized carbons (Fsp3) is 0.205. The topological polar surface area (TPSA) is 63.5 Å². The van der Waals surface area contributed by atoms with Gasteiger partial charge in [-0.2, -0.15) is 5.10 Å². The number of piperazine rings is 1. The maximum absolute atomic E-state index is 12.6. The first kappa shape index (κ1) is 29.3. The molecule has 0 radical (unpaired) electrons. The van der Waals surface area contributed by atoms with Crippen molar-refractivity contribution in [2.75, 3.05) is 31.6 Å². The lowest BCUT2D eigenvalue weighted by atomic mass is 9.77. The molecule has 7 rings (SSSR count). The number of rotatable bonds is 8. The monoisotopic (exact) mass is 607 g/mol. The van der Waals surface area contributed by atoms with Crippen LogP contribution in [0.25, 0.3) is 22.2 Å². The Hall–Kier alpha value is -5.43. The average Bonchev–Trinajstić information content (AvgIpc) is 3.47. The van der Waals surface area contributed by atoms with Gasteiger partial charge in [-0.3, -0.25) is 4.79 Å². The zero-order chi connectivity index (χ0) is 31.7. The average molecular weight is 608 g/mol. The molecule has 1 aliphatic heterocycles. The van der Waals surface area contributed by atoms with E-state index in [0.717, 1.165) is 57.0 Å². The summed E-state index contributed by atoms with van der Waals surface area (Å²) in [4.78, 5) is 21.1. The molecule has 1 saturated heterocycles. The molecule has 0 spiro atoms. The van der Waals surface area contributed by atoms with E-state index in [-0.39, 0.29) is 12.0 Å². The number of likely N-dealkylation sites (N-methyl/N-ethyl adjacent to an activating group) is 1. The molecule has 1 aliphatic rings. The Balaban J connectivity index is 1.52. The van der Waals surface area contributed by atoms with Crippen LogP contribution in [0.4, 0.5) is 5.82 Å². The number of carbonyl (C=O) groups is 1. The number of ether oxygens (including phenoxy) is 1. The largest absolute Gasteiger partial charge is 0.491 e. The van der Waals surface area contributed by atoms with E-state index in [1.54, 1.807) is 4.90 Å². The number of carbonyl (C=O) groups excluding carboxylic acids is 1. The smallest absolute Gasteiger partial charge is 0.241 e. The number of benzene rings is 4. The van der Waals surface area contributed by atoms with E-state index in [1.165, 1.54) is 0 Å². The molecule has 0 saturated carbocycles. The van der Waals surface area contributed by atoms with Gasteiger partial charge < -0.3 is 14.5 Å². The number of pyridine rings is 1. The van der Waals surface area contributed by atoms with Gasteiger partial charge in [-0.25, -0.2) is 9.67 Å². The Morgan fingerprint density at radius 1 is 0.761 bits per heavy atom. The van der Waals surface area contributed by atoms with Crippen LogP contribution in [-0.2, 0) is 10.3 Å². The number of fused-ring (bicyclic) bond motifs is 1. The fourth-order valence-electron chi connectivity index (χ4n) is 6.51. The molecule has 7 nitrogen and oxygen atoms in total. The van der Waals surface area contributed by atoms with Crippen molar-refractivity contribution in [3.05, 3.63) is 144 Å². The van der Waals surface area contributed by atoms with Crippen LogP contribution in [0.15, 0.2) is 128 Å². The summed E-state index contributed by atoms with van der Waals surface area (Å²) in [6.45, 7) is 5.75. The number of amides is 1. The van der Waals surface area contributed by atoms with E-state index >= 15 is 0 Å². The second kappa shape index (κ2) is 12.2. The molecule has 4 aromatic carbocycles.